The van der Waals surface area contributed by atoms with E-state index in [1.165, 1.54) is 6.33 Å². The highest BCUT2D eigenvalue weighted by atomic mass is 16.1. The molecule has 2 rings (SSSR count). The number of ketones is 1. The quantitative estimate of drug-likeness (QED) is 0.728. The van der Waals surface area contributed by atoms with E-state index in [1.807, 2.05) is 20.9 Å². The van der Waals surface area contributed by atoms with Gasteiger partial charge < -0.3 is 0 Å². The van der Waals surface area contributed by atoms with Gasteiger partial charge >= 0.3 is 0 Å². The molecule has 0 aromatic carbocycles. The van der Waals surface area contributed by atoms with Crippen LogP contribution in [-0.4, -0.2) is 30.3 Å². The first-order chi connectivity index (χ1) is 8.00. The molecular weight excluding hydrogens is 218 g/mol. The van der Waals surface area contributed by atoms with E-state index in [4.69, 9.17) is 0 Å². The van der Waals surface area contributed by atoms with Gasteiger partial charge in [0, 0.05) is 19.8 Å². The summed E-state index contributed by atoms with van der Waals surface area (Å²) in [6, 6.07) is 0. The van der Waals surface area contributed by atoms with Gasteiger partial charge in [-0.15, -0.1) is 0 Å². The average Bonchev–Trinajstić information content (AvgIpc) is 2.74. The van der Waals surface area contributed by atoms with E-state index in [0.717, 1.165) is 11.4 Å². The summed E-state index contributed by atoms with van der Waals surface area (Å²) in [5.74, 6) is 0.696. The molecule has 0 aliphatic heterocycles. The standard InChI is InChI=1S/C11H15N5O/c1-7-11(8(2)15(3)14-7)9(17)5-10-12-6-13-16(10)4/h6H,5H2,1-4H3. The number of aromatic nitrogens is 5. The van der Waals surface area contributed by atoms with Gasteiger partial charge in [0.15, 0.2) is 5.78 Å². The monoisotopic (exact) mass is 233 g/mol. The van der Waals surface area contributed by atoms with Crippen molar-refractivity contribution in [2.45, 2.75) is 20.3 Å². The maximum Gasteiger partial charge on any atom is 0.174 e. The SMILES string of the molecule is Cc1nn(C)c(C)c1C(=O)Cc1ncnn1C. The Labute approximate surface area is 99.3 Å². The van der Waals surface area contributed by atoms with Crippen molar-refractivity contribution in [3.63, 3.8) is 0 Å². The van der Waals surface area contributed by atoms with E-state index < -0.39 is 0 Å². The summed E-state index contributed by atoms with van der Waals surface area (Å²) in [5.41, 5.74) is 2.34. The normalized spacial score (nSPS) is 10.8. The predicted molar refractivity (Wildman–Crippen MR) is 61.7 cm³/mol. The second-order valence-electron chi connectivity index (χ2n) is 4.07. The summed E-state index contributed by atoms with van der Waals surface area (Å²) >= 11 is 0. The van der Waals surface area contributed by atoms with Crippen molar-refractivity contribution in [3.8, 4) is 0 Å². The summed E-state index contributed by atoms with van der Waals surface area (Å²) in [6.07, 6.45) is 1.70. The van der Waals surface area contributed by atoms with Gasteiger partial charge in [-0.1, -0.05) is 0 Å². The number of rotatable bonds is 3. The average molecular weight is 233 g/mol. The van der Waals surface area contributed by atoms with Crippen molar-refractivity contribution in [3.05, 3.63) is 29.1 Å². The molecule has 0 N–H and O–H groups in total. The highest BCUT2D eigenvalue weighted by molar-refractivity contribution is 5.99. The third-order valence-corrected chi connectivity index (χ3v) is 2.91. The van der Waals surface area contributed by atoms with Crippen LogP contribution in [0.25, 0.3) is 0 Å². The lowest BCUT2D eigenvalue weighted by Crippen LogP contribution is -2.11. The molecule has 6 heteroatoms. The van der Waals surface area contributed by atoms with Gasteiger partial charge in [0.1, 0.15) is 12.2 Å². The van der Waals surface area contributed by atoms with Crippen LogP contribution in [0, 0.1) is 13.8 Å². The summed E-state index contributed by atoms with van der Waals surface area (Å²) < 4.78 is 3.33. The number of carbonyl (C=O) groups excluding carboxylic acids is 1. The minimum atomic E-state index is 0.0317. The van der Waals surface area contributed by atoms with Crippen LogP contribution in [0.2, 0.25) is 0 Å². The molecule has 2 heterocycles. The fraction of sp³-hybridized carbons (Fsp3) is 0.455. The van der Waals surface area contributed by atoms with Gasteiger partial charge in [-0.2, -0.15) is 10.2 Å². The molecule has 0 spiro atoms. The van der Waals surface area contributed by atoms with E-state index >= 15 is 0 Å². The Morgan fingerprint density at radius 1 is 1.29 bits per heavy atom. The van der Waals surface area contributed by atoms with Crippen molar-refractivity contribution in [1.82, 2.24) is 24.5 Å². The molecule has 0 aliphatic carbocycles. The molecule has 0 unspecified atom stereocenters. The van der Waals surface area contributed by atoms with Crippen LogP contribution >= 0.6 is 0 Å². The fourth-order valence-corrected chi connectivity index (χ4v) is 1.89. The molecule has 0 radical (unpaired) electrons. The largest absolute Gasteiger partial charge is 0.294 e. The van der Waals surface area contributed by atoms with Crippen LogP contribution in [0.4, 0.5) is 0 Å². The van der Waals surface area contributed by atoms with Gasteiger partial charge in [0.05, 0.1) is 17.7 Å². The molecule has 2 aromatic heterocycles. The molecule has 0 saturated carbocycles. The smallest absolute Gasteiger partial charge is 0.174 e. The zero-order valence-electron chi connectivity index (χ0n) is 10.4. The highest BCUT2D eigenvalue weighted by Gasteiger charge is 2.19. The number of hydrogen-bond donors (Lipinski definition) is 0. The predicted octanol–water partition coefficient (Wildman–Crippen LogP) is 0.591. The van der Waals surface area contributed by atoms with Gasteiger partial charge in [-0.05, 0) is 13.8 Å². The van der Waals surface area contributed by atoms with E-state index in [9.17, 15) is 4.79 Å². The third-order valence-electron chi connectivity index (χ3n) is 2.91. The zero-order valence-corrected chi connectivity index (χ0v) is 10.4. The van der Waals surface area contributed by atoms with E-state index in [-0.39, 0.29) is 12.2 Å². The van der Waals surface area contributed by atoms with E-state index in [1.54, 1.807) is 16.4 Å². The molecule has 0 amide bonds. The number of nitrogens with zero attached hydrogens (tertiary/aromatic N) is 5. The van der Waals surface area contributed by atoms with E-state index in [0.29, 0.717) is 11.4 Å². The van der Waals surface area contributed by atoms with Gasteiger partial charge in [-0.3, -0.25) is 14.2 Å². The Morgan fingerprint density at radius 2 is 2.00 bits per heavy atom. The molecule has 17 heavy (non-hydrogen) atoms. The Hall–Kier alpha value is -1.98. The molecule has 0 saturated heterocycles. The van der Waals surface area contributed by atoms with Crippen molar-refractivity contribution in [1.29, 1.82) is 0 Å². The van der Waals surface area contributed by atoms with Crippen LogP contribution in [0.5, 0.6) is 0 Å². The van der Waals surface area contributed by atoms with Gasteiger partial charge in [-0.25, -0.2) is 4.98 Å². The topological polar surface area (TPSA) is 65.6 Å². The fourth-order valence-electron chi connectivity index (χ4n) is 1.89. The van der Waals surface area contributed by atoms with Crippen LogP contribution < -0.4 is 0 Å². The second kappa shape index (κ2) is 4.12. The lowest BCUT2D eigenvalue weighted by molar-refractivity contribution is 0.0988. The maximum atomic E-state index is 12.2. The van der Waals surface area contributed by atoms with Crippen LogP contribution in [-0.2, 0) is 20.5 Å². The van der Waals surface area contributed by atoms with Gasteiger partial charge in [0.2, 0.25) is 0 Å². The maximum absolute atomic E-state index is 12.2. The molecule has 6 nitrogen and oxygen atoms in total. The van der Waals surface area contributed by atoms with Crippen LogP contribution in [0.1, 0.15) is 27.6 Å². The van der Waals surface area contributed by atoms with Crippen LogP contribution in [0.3, 0.4) is 0 Å². The molecule has 0 bridgehead atoms. The molecule has 0 atom stereocenters. The van der Waals surface area contributed by atoms with Crippen LogP contribution in [0.15, 0.2) is 6.33 Å². The van der Waals surface area contributed by atoms with Crippen molar-refractivity contribution in [2.24, 2.45) is 14.1 Å². The van der Waals surface area contributed by atoms with E-state index in [2.05, 4.69) is 15.2 Å². The van der Waals surface area contributed by atoms with Crippen molar-refractivity contribution >= 4 is 5.78 Å². The molecular formula is C11H15N5O. The minimum absolute atomic E-state index is 0.0317. The third kappa shape index (κ3) is 1.98. The Kier molecular flexibility index (Phi) is 2.79. The Bertz CT molecular complexity index is 566. The molecule has 0 fully saturated rings. The first-order valence-corrected chi connectivity index (χ1v) is 5.37. The lowest BCUT2D eigenvalue weighted by Gasteiger charge is -2.01. The number of Topliss-reactive ketones (excluding diaryl/α,β-unsaturated/α-hetero) is 1. The summed E-state index contributed by atoms with van der Waals surface area (Å²) in [5, 5.41) is 8.18. The number of aryl methyl sites for hydroxylation is 3. The first kappa shape index (κ1) is 11.5. The van der Waals surface area contributed by atoms with Gasteiger partial charge in [0.25, 0.3) is 0 Å². The summed E-state index contributed by atoms with van der Waals surface area (Å²) in [6.45, 7) is 3.74. The molecule has 2 aromatic rings. The van der Waals surface area contributed by atoms with Crippen molar-refractivity contribution in [2.75, 3.05) is 0 Å². The van der Waals surface area contributed by atoms with Crippen molar-refractivity contribution < 1.29 is 4.79 Å². The minimum Gasteiger partial charge on any atom is -0.294 e. The zero-order chi connectivity index (χ0) is 12.6. The summed E-state index contributed by atoms with van der Waals surface area (Å²) in [4.78, 5) is 16.2. The first-order valence-electron chi connectivity index (χ1n) is 5.37. The Morgan fingerprint density at radius 3 is 2.47 bits per heavy atom. The Balaban J connectivity index is 2.29. The molecule has 90 valence electrons. The number of hydrogen-bond acceptors (Lipinski definition) is 4. The number of carbonyl (C=O) groups is 1. The lowest BCUT2D eigenvalue weighted by atomic mass is 10.1. The summed E-state index contributed by atoms with van der Waals surface area (Å²) in [7, 11) is 3.61. The highest BCUT2D eigenvalue weighted by Crippen LogP contribution is 2.14. The molecule has 0 aliphatic rings. The second-order valence-corrected chi connectivity index (χ2v) is 4.07.